The fraction of sp³-hybridized carbons (Fsp3) is 0.182. The second kappa shape index (κ2) is 5.65. The predicted octanol–water partition coefficient (Wildman–Crippen LogP) is 1.22. The first kappa shape index (κ1) is 11.9. The third kappa shape index (κ3) is 3.91. The van der Waals surface area contributed by atoms with Gasteiger partial charge in [-0.25, -0.2) is 0 Å². The molecule has 0 unspecified atom stereocenters. The van der Waals surface area contributed by atoms with Crippen molar-refractivity contribution < 1.29 is 14.8 Å². The molecule has 84 valence electrons. The molecule has 0 aliphatic heterocycles. The van der Waals surface area contributed by atoms with Crippen LogP contribution in [0.25, 0.3) is 0 Å². The number of anilines is 1. The van der Waals surface area contributed by atoms with Gasteiger partial charge in [0.15, 0.2) is 5.78 Å². The summed E-state index contributed by atoms with van der Waals surface area (Å²) in [4.78, 5) is 21.8. The number of Topliss-reactive ketones (excluding diaryl/α,β-unsaturated/α-hetero) is 1. The Morgan fingerprint density at radius 2 is 2.00 bits per heavy atom. The number of rotatable bonds is 4. The van der Waals surface area contributed by atoms with Gasteiger partial charge in [-0.05, 0) is 17.7 Å². The number of carbonyl (C=O) groups excluding carboxylic acids is 2. The molecule has 0 radical (unpaired) electrons. The molecular formula is C11H12N2O3. The third-order valence-corrected chi connectivity index (χ3v) is 1.85. The van der Waals surface area contributed by atoms with Crippen LogP contribution in [0.1, 0.15) is 12.5 Å². The quantitative estimate of drug-likeness (QED) is 0.455. The summed E-state index contributed by atoms with van der Waals surface area (Å²) in [5.41, 5.74) is 1.47. The normalized spacial score (nSPS) is 10.3. The molecule has 1 rings (SSSR count). The van der Waals surface area contributed by atoms with E-state index in [9.17, 15) is 9.59 Å². The van der Waals surface area contributed by atoms with Crippen LogP contribution in [0.5, 0.6) is 0 Å². The topological polar surface area (TPSA) is 78.8 Å². The van der Waals surface area contributed by atoms with Crippen LogP contribution < -0.4 is 5.32 Å². The number of amides is 1. The average molecular weight is 220 g/mol. The smallest absolute Gasteiger partial charge is 0.221 e. The maximum atomic E-state index is 11.1. The fourth-order valence-corrected chi connectivity index (χ4v) is 1.22. The highest BCUT2D eigenvalue weighted by molar-refractivity contribution is 6.27. The van der Waals surface area contributed by atoms with Crippen LogP contribution in [0.15, 0.2) is 29.4 Å². The highest BCUT2D eigenvalue weighted by Gasteiger charge is 2.01. The molecule has 0 aliphatic rings. The van der Waals surface area contributed by atoms with Crippen LogP contribution in [0, 0.1) is 0 Å². The maximum absolute atomic E-state index is 11.1. The number of hydrogen-bond acceptors (Lipinski definition) is 4. The lowest BCUT2D eigenvalue weighted by Gasteiger charge is -2.02. The molecule has 1 aromatic rings. The van der Waals surface area contributed by atoms with E-state index in [4.69, 9.17) is 5.21 Å². The molecular weight excluding hydrogens is 208 g/mol. The van der Waals surface area contributed by atoms with Gasteiger partial charge >= 0.3 is 0 Å². The van der Waals surface area contributed by atoms with Crippen molar-refractivity contribution in [2.75, 3.05) is 5.32 Å². The molecule has 5 nitrogen and oxygen atoms in total. The molecule has 2 N–H and O–H groups in total. The van der Waals surface area contributed by atoms with E-state index in [-0.39, 0.29) is 18.1 Å². The summed E-state index contributed by atoms with van der Waals surface area (Å²) < 4.78 is 0. The monoisotopic (exact) mass is 220 g/mol. The van der Waals surface area contributed by atoms with Gasteiger partial charge in [0, 0.05) is 19.0 Å². The zero-order chi connectivity index (χ0) is 12.0. The Bertz CT molecular complexity index is 410. The van der Waals surface area contributed by atoms with E-state index in [1.54, 1.807) is 24.3 Å². The minimum Gasteiger partial charge on any atom is -0.411 e. The van der Waals surface area contributed by atoms with E-state index >= 15 is 0 Å². The van der Waals surface area contributed by atoms with Gasteiger partial charge in [-0.3, -0.25) is 9.59 Å². The van der Waals surface area contributed by atoms with Gasteiger partial charge in [-0.1, -0.05) is 17.3 Å². The standard InChI is InChI=1S/C11H12N2O3/c1-8(14)13-10-4-2-9(3-5-10)6-11(15)7-12-16/h2-5,7,16H,6H2,1H3,(H,13,14). The summed E-state index contributed by atoms with van der Waals surface area (Å²) in [7, 11) is 0. The number of oxime groups is 1. The van der Waals surface area contributed by atoms with E-state index < -0.39 is 0 Å². The number of ketones is 1. The third-order valence-electron chi connectivity index (χ3n) is 1.85. The Kier molecular flexibility index (Phi) is 4.20. The molecule has 0 heterocycles. The summed E-state index contributed by atoms with van der Waals surface area (Å²) in [6.45, 7) is 1.43. The molecule has 0 aliphatic carbocycles. The summed E-state index contributed by atoms with van der Waals surface area (Å²) >= 11 is 0. The lowest BCUT2D eigenvalue weighted by atomic mass is 10.1. The Morgan fingerprint density at radius 3 is 2.50 bits per heavy atom. The number of nitrogens with zero attached hydrogens (tertiary/aromatic N) is 1. The fourth-order valence-electron chi connectivity index (χ4n) is 1.22. The van der Waals surface area contributed by atoms with Crippen molar-refractivity contribution in [2.24, 2.45) is 5.16 Å². The number of benzene rings is 1. The van der Waals surface area contributed by atoms with Crippen LogP contribution in [0.4, 0.5) is 5.69 Å². The molecule has 0 saturated heterocycles. The Balaban J connectivity index is 2.64. The van der Waals surface area contributed by atoms with Gasteiger partial charge in [-0.2, -0.15) is 0 Å². The second-order valence-electron chi connectivity index (χ2n) is 3.27. The SMILES string of the molecule is CC(=O)Nc1ccc(CC(=O)C=NO)cc1. The first-order valence-corrected chi connectivity index (χ1v) is 4.68. The molecule has 0 spiro atoms. The molecule has 16 heavy (non-hydrogen) atoms. The molecule has 1 aromatic carbocycles. The summed E-state index contributed by atoms with van der Waals surface area (Å²) in [5.74, 6) is -0.425. The molecule has 1 amide bonds. The van der Waals surface area contributed by atoms with Crippen LogP contribution in [0.2, 0.25) is 0 Å². The van der Waals surface area contributed by atoms with E-state index in [0.717, 1.165) is 11.8 Å². The number of hydrogen-bond donors (Lipinski definition) is 2. The Labute approximate surface area is 92.8 Å². The molecule has 5 heteroatoms. The van der Waals surface area contributed by atoms with Crippen molar-refractivity contribution in [3.63, 3.8) is 0 Å². The van der Waals surface area contributed by atoms with Gasteiger partial charge in [0.25, 0.3) is 0 Å². The van der Waals surface area contributed by atoms with E-state index in [2.05, 4.69) is 10.5 Å². The van der Waals surface area contributed by atoms with Crippen LogP contribution in [0.3, 0.4) is 0 Å². The zero-order valence-electron chi connectivity index (χ0n) is 8.80. The summed E-state index contributed by atoms with van der Waals surface area (Å²) in [6, 6.07) is 6.88. The van der Waals surface area contributed by atoms with Gasteiger partial charge in [0.2, 0.25) is 5.91 Å². The van der Waals surface area contributed by atoms with E-state index in [1.165, 1.54) is 6.92 Å². The average Bonchev–Trinajstić information content (AvgIpc) is 2.20. The molecule has 0 fully saturated rings. The van der Waals surface area contributed by atoms with Crippen molar-refractivity contribution in [1.82, 2.24) is 0 Å². The van der Waals surface area contributed by atoms with Crippen LogP contribution >= 0.6 is 0 Å². The van der Waals surface area contributed by atoms with Crippen molar-refractivity contribution >= 4 is 23.6 Å². The minimum absolute atomic E-state index is 0.142. The lowest BCUT2D eigenvalue weighted by molar-refractivity contribution is -0.114. The molecule has 0 bridgehead atoms. The van der Waals surface area contributed by atoms with Gasteiger partial charge in [-0.15, -0.1) is 0 Å². The Hall–Kier alpha value is -2.17. The predicted molar refractivity (Wildman–Crippen MR) is 59.7 cm³/mol. The Morgan fingerprint density at radius 1 is 1.38 bits per heavy atom. The van der Waals surface area contributed by atoms with Crippen molar-refractivity contribution in [2.45, 2.75) is 13.3 Å². The first-order chi connectivity index (χ1) is 7.61. The highest BCUT2D eigenvalue weighted by atomic mass is 16.4. The second-order valence-corrected chi connectivity index (χ2v) is 3.27. The number of nitrogens with one attached hydrogen (secondary N) is 1. The lowest BCUT2D eigenvalue weighted by Crippen LogP contribution is -2.06. The van der Waals surface area contributed by atoms with E-state index in [0.29, 0.717) is 5.69 Å². The minimum atomic E-state index is -0.283. The first-order valence-electron chi connectivity index (χ1n) is 4.68. The highest BCUT2D eigenvalue weighted by Crippen LogP contribution is 2.09. The van der Waals surface area contributed by atoms with Gasteiger partial charge in [0.05, 0.1) is 0 Å². The summed E-state index contributed by atoms with van der Waals surface area (Å²) in [5, 5.41) is 13.4. The molecule has 0 saturated carbocycles. The maximum Gasteiger partial charge on any atom is 0.221 e. The van der Waals surface area contributed by atoms with Crippen LogP contribution in [-0.4, -0.2) is 23.1 Å². The molecule has 0 aromatic heterocycles. The van der Waals surface area contributed by atoms with Crippen molar-refractivity contribution in [3.05, 3.63) is 29.8 Å². The summed E-state index contributed by atoms with van der Waals surface area (Å²) in [6.07, 6.45) is 1.03. The van der Waals surface area contributed by atoms with Crippen molar-refractivity contribution in [1.29, 1.82) is 0 Å². The van der Waals surface area contributed by atoms with Gasteiger partial charge < -0.3 is 10.5 Å². The molecule has 0 atom stereocenters. The van der Waals surface area contributed by atoms with Crippen molar-refractivity contribution in [3.8, 4) is 0 Å². The van der Waals surface area contributed by atoms with Gasteiger partial charge in [0.1, 0.15) is 6.21 Å². The van der Waals surface area contributed by atoms with Crippen LogP contribution in [-0.2, 0) is 16.0 Å². The number of carbonyl (C=O) groups is 2. The zero-order valence-corrected chi connectivity index (χ0v) is 8.80. The largest absolute Gasteiger partial charge is 0.411 e. The van der Waals surface area contributed by atoms with E-state index in [1.807, 2.05) is 0 Å².